The molecule has 0 radical (unpaired) electrons. The Morgan fingerprint density at radius 3 is 2.90 bits per heavy atom. The molecule has 0 aromatic carbocycles. The molecule has 0 unspecified atom stereocenters. The van der Waals surface area contributed by atoms with Crippen LogP contribution in [0.15, 0.2) is 35.6 Å². The molecule has 3 rings (SSSR count). The first-order valence-corrected chi connectivity index (χ1v) is 7.27. The summed E-state index contributed by atoms with van der Waals surface area (Å²) in [5, 5.41) is 0. The lowest BCUT2D eigenvalue weighted by Gasteiger charge is -2.43. The van der Waals surface area contributed by atoms with Crippen LogP contribution in [0.1, 0.15) is 40.5 Å². The topological polar surface area (TPSA) is 35.5 Å². The van der Waals surface area contributed by atoms with Crippen molar-refractivity contribution in [2.24, 2.45) is 16.7 Å². The summed E-state index contributed by atoms with van der Waals surface area (Å²) in [5.74, 6) is 0.199. The molecule has 20 heavy (non-hydrogen) atoms. The van der Waals surface area contributed by atoms with Crippen LogP contribution in [0.25, 0.3) is 0 Å². The maximum Gasteiger partial charge on any atom is 0.305 e. The Labute approximate surface area is 120 Å². The molecule has 0 aromatic rings. The Bertz CT molecular complexity index is 538. The van der Waals surface area contributed by atoms with Gasteiger partial charge in [-0.15, -0.1) is 0 Å². The van der Waals surface area contributed by atoms with Crippen molar-refractivity contribution in [3.8, 4) is 0 Å². The van der Waals surface area contributed by atoms with Crippen LogP contribution in [0.2, 0.25) is 0 Å². The molecule has 2 aliphatic carbocycles. The molecule has 3 atom stereocenters. The molecule has 1 heterocycles. The maximum absolute atomic E-state index is 11.4. The van der Waals surface area contributed by atoms with Crippen LogP contribution in [0.4, 0.5) is 0 Å². The number of allylic oxidation sites excluding steroid dienone is 3. The Hall–Kier alpha value is -1.51. The molecule has 0 N–H and O–H groups in total. The average Bonchev–Trinajstić information content (AvgIpc) is 2.81. The van der Waals surface area contributed by atoms with E-state index in [4.69, 9.17) is 9.47 Å². The predicted octanol–water partition coefficient (Wildman–Crippen LogP) is 3.73. The number of esters is 1. The van der Waals surface area contributed by atoms with Gasteiger partial charge in [-0.25, -0.2) is 0 Å². The van der Waals surface area contributed by atoms with E-state index < -0.39 is 6.29 Å². The molecule has 3 nitrogen and oxygen atoms in total. The molecule has 3 heteroatoms. The van der Waals surface area contributed by atoms with Gasteiger partial charge >= 0.3 is 5.97 Å². The summed E-state index contributed by atoms with van der Waals surface area (Å²) in [6, 6.07) is 0. The monoisotopic (exact) mass is 274 g/mol. The largest absolute Gasteiger partial charge is 0.461 e. The van der Waals surface area contributed by atoms with Crippen LogP contribution in [0.3, 0.4) is 0 Å². The van der Waals surface area contributed by atoms with E-state index in [1.807, 2.05) is 0 Å². The maximum atomic E-state index is 11.4. The number of ether oxygens (including phenoxy) is 2. The van der Waals surface area contributed by atoms with Gasteiger partial charge in [0.2, 0.25) is 0 Å². The second-order valence-corrected chi connectivity index (χ2v) is 6.76. The van der Waals surface area contributed by atoms with Gasteiger partial charge < -0.3 is 9.47 Å². The van der Waals surface area contributed by atoms with Crippen molar-refractivity contribution >= 4 is 5.97 Å². The molecule has 0 fully saturated rings. The summed E-state index contributed by atoms with van der Waals surface area (Å²) in [6.45, 7) is 8.12. The normalized spacial score (nSPS) is 37.2. The lowest BCUT2D eigenvalue weighted by atomic mass is 9.61. The van der Waals surface area contributed by atoms with Crippen molar-refractivity contribution in [2.45, 2.75) is 46.8 Å². The van der Waals surface area contributed by atoms with E-state index in [0.717, 1.165) is 12.8 Å². The third-order valence-electron chi connectivity index (χ3n) is 5.24. The molecule has 3 aliphatic rings. The van der Waals surface area contributed by atoms with Crippen LogP contribution in [-0.2, 0) is 14.3 Å². The van der Waals surface area contributed by atoms with E-state index in [1.165, 1.54) is 18.1 Å². The Morgan fingerprint density at radius 2 is 2.20 bits per heavy atom. The van der Waals surface area contributed by atoms with Crippen molar-refractivity contribution in [3.63, 3.8) is 0 Å². The van der Waals surface area contributed by atoms with Gasteiger partial charge in [0.05, 0.1) is 11.7 Å². The molecule has 108 valence electrons. The first-order chi connectivity index (χ1) is 9.37. The van der Waals surface area contributed by atoms with E-state index in [-0.39, 0.29) is 16.8 Å². The highest BCUT2D eigenvalue weighted by molar-refractivity contribution is 5.66. The summed E-state index contributed by atoms with van der Waals surface area (Å²) in [5.41, 5.74) is 2.42. The summed E-state index contributed by atoms with van der Waals surface area (Å²) < 4.78 is 11.0. The SMILES string of the molecule is CC(=O)O[C@H]1OC=C[C@@]12C=C1C=C(C)CC[C@@H]1C2(C)C. The first-order valence-electron chi connectivity index (χ1n) is 7.27. The fourth-order valence-electron chi connectivity index (χ4n) is 4.00. The van der Waals surface area contributed by atoms with Gasteiger partial charge in [0.1, 0.15) is 0 Å². The lowest BCUT2D eigenvalue weighted by Crippen LogP contribution is -2.45. The predicted molar refractivity (Wildman–Crippen MR) is 76.6 cm³/mol. The number of hydrogen-bond acceptors (Lipinski definition) is 3. The fourth-order valence-corrected chi connectivity index (χ4v) is 4.00. The number of rotatable bonds is 1. The number of fused-ring (bicyclic) bond motifs is 1. The summed E-state index contributed by atoms with van der Waals surface area (Å²) in [7, 11) is 0. The zero-order chi connectivity index (χ0) is 14.5. The molecule has 0 saturated carbocycles. The van der Waals surface area contributed by atoms with Gasteiger partial charge in [-0.05, 0) is 42.7 Å². The van der Waals surface area contributed by atoms with Crippen LogP contribution in [-0.4, -0.2) is 12.3 Å². The highest BCUT2D eigenvalue weighted by atomic mass is 16.7. The molecule has 0 amide bonds. The van der Waals surface area contributed by atoms with Crippen LogP contribution >= 0.6 is 0 Å². The van der Waals surface area contributed by atoms with E-state index in [1.54, 1.807) is 6.26 Å². The molecular weight excluding hydrogens is 252 g/mol. The van der Waals surface area contributed by atoms with Crippen LogP contribution < -0.4 is 0 Å². The third-order valence-corrected chi connectivity index (χ3v) is 5.24. The van der Waals surface area contributed by atoms with Gasteiger partial charge in [-0.1, -0.05) is 31.6 Å². The standard InChI is InChI=1S/C17H22O3/c1-11-5-6-14-13(9-11)10-17(16(14,3)4)7-8-19-15(17)20-12(2)18/h7-10,14-15H,5-6H2,1-4H3/t14-,15+,17+/m0/s1. The molecule has 1 spiro atoms. The Kier molecular flexibility index (Phi) is 2.86. The molecule has 0 saturated heterocycles. The Morgan fingerprint density at radius 1 is 1.45 bits per heavy atom. The van der Waals surface area contributed by atoms with Crippen molar-refractivity contribution in [2.75, 3.05) is 0 Å². The minimum absolute atomic E-state index is 0.0212. The van der Waals surface area contributed by atoms with Crippen LogP contribution in [0.5, 0.6) is 0 Å². The molecule has 1 aliphatic heterocycles. The quantitative estimate of drug-likeness (QED) is 0.683. The summed E-state index contributed by atoms with van der Waals surface area (Å²) >= 11 is 0. The van der Waals surface area contributed by atoms with E-state index in [9.17, 15) is 4.79 Å². The average molecular weight is 274 g/mol. The third kappa shape index (κ3) is 1.68. The van der Waals surface area contributed by atoms with E-state index >= 15 is 0 Å². The van der Waals surface area contributed by atoms with Gasteiger partial charge in [0.25, 0.3) is 6.29 Å². The molecule has 0 aromatic heterocycles. The van der Waals surface area contributed by atoms with Crippen molar-refractivity contribution in [1.29, 1.82) is 0 Å². The second-order valence-electron chi connectivity index (χ2n) is 6.76. The molecule has 0 bridgehead atoms. The number of hydrogen-bond donors (Lipinski definition) is 0. The summed E-state index contributed by atoms with van der Waals surface area (Å²) in [6.07, 6.45) is 10.1. The van der Waals surface area contributed by atoms with Crippen molar-refractivity contribution in [3.05, 3.63) is 35.6 Å². The van der Waals surface area contributed by atoms with Gasteiger partial charge in [0, 0.05) is 6.92 Å². The zero-order valence-corrected chi connectivity index (χ0v) is 12.6. The highest BCUT2D eigenvalue weighted by Gasteiger charge is 2.60. The minimum Gasteiger partial charge on any atom is -0.461 e. The van der Waals surface area contributed by atoms with Crippen molar-refractivity contribution in [1.82, 2.24) is 0 Å². The van der Waals surface area contributed by atoms with Gasteiger partial charge in [-0.2, -0.15) is 0 Å². The zero-order valence-electron chi connectivity index (χ0n) is 12.6. The highest BCUT2D eigenvalue weighted by Crippen LogP contribution is 2.62. The first kappa shape index (κ1) is 13.5. The second kappa shape index (κ2) is 4.24. The fraction of sp³-hybridized carbons (Fsp3) is 0.588. The van der Waals surface area contributed by atoms with E-state index in [2.05, 4.69) is 39.0 Å². The Balaban J connectivity index is 2.04. The lowest BCUT2D eigenvalue weighted by molar-refractivity contribution is -0.185. The smallest absolute Gasteiger partial charge is 0.305 e. The van der Waals surface area contributed by atoms with Crippen LogP contribution in [0, 0.1) is 16.7 Å². The molecular formula is C17H22O3. The van der Waals surface area contributed by atoms with Crippen molar-refractivity contribution < 1.29 is 14.3 Å². The number of carbonyl (C=O) groups excluding carboxylic acids is 1. The number of carbonyl (C=O) groups is 1. The van der Waals surface area contributed by atoms with Gasteiger partial charge in [-0.3, -0.25) is 4.79 Å². The minimum atomic E-state index is -0.540. The van der Waals surface area contributed by atoms with E-state index in [0.29, 0.717) is 5.92 Å². The van der Waals surface area contributed by atoms with Gasteiger partial charge in [0.15, 0.2) is 0 Å². The summed E-state index contributed by atoms with van der Waals surface area (Å²) in [4.78, 5) is 11.4.